The molecule has 2 heteroatoms. The fourth-order valence-electron chi connectivity index (χ4n) is 3.50. The van der Waals surface area contributed by atoms with Gasteiger partial charge in [0.25, 0.3) is 0 Å². The molecule has 1 aromatic carbocycles. The minimum atomic E-state index is 0.739. The fourth-order valence-corrected chi connectivity index (χ4v) is 3.50. The molecular weight excluding hydrogens is 208 g/mol. The smallest absolute Gasteiger partial charge is 0.112 e. The van der Waals surface area contributed by atoms with Gasteiger partial charge in [0, 0.05) is 18.4 Å². The minimum Gasteiger partial charge on any atom is -0.346 e. The van der Waals surface area contributed by atoms with Crippen LogP contribution in [0.2, 0.25) is 0 Å². The van der Waals surface area contributed by atoms with Crippen molar-refractivity contribution in [3.63, 3.8) is 0 Å². The third-order valence-corrected chi connectivity index (χ3v) is 4.46. The van der Waals surface area contributed by atoms with E-state index in [0.717, 1.165) is 12.0 Å². The summed E-state index contributed by atoms with van der Waals surface area (Å²) < 4.78 is 0. The first-order chi connectivity index (χ1) is 8.43. The molecule has 1 saturated heterocycles. The molecule has 0 bridgehead atoms. The highest BCUT2D eigenvalue weighted by molar-refractivity contribution is 5.30. The van der Waals surface area contributed by atoms with Crippen molar-refractivity contribution in [1.82, 2.24) is 0 Å². The van der Waals surface area contributed by atoms with E-state index >= 15 is 0 Å². The quantitative estimate of drug-likeness (QED) is 0.731. The Morgan fingerprint density at radius 3 is 2.76 bits per heavy atom. The average Bonchev–Trinajstić information content (AvgIpc) is 2.40. The Balaban J connectivity index is 1.71. The third-order valence-electron chi connectivity index (χ3n) is 4.46. The SMILES string of the molecule is c1ccc2c(c1)CC[NH2+]C2CC1CC[NH2+]CC1. The van der Waals surface area contributed by atoms with Gasteiger partial charge >= 0.3 is 0 Å². The van der Waals surface area contributed by atoms with Crippen molar-refractivity contribution >= 4 is 0 Å². The van der Waals surface area contributed by atoms with Crippen LogP contribution in [-0.2, 0) is 6.42 Å². The van der Waals surface area contributed by atoms with Crippen molar-refractivity contribution in [3.8, 4) is 0 Å². The number of rotatable bonds is 2. The largest absolute Gasteiger partial charge is 0.346 e. The number of hydrogen-bond donors (Lipinski definition) is 2. The minimum absolute atomic E-state index is 0.739. The van der Waals surface area contributed by atoms with E-state index in [1.807, 2.05) is 0 Å². The number of quaternary nitrogens is 2. The molecule has 3 rings (SSSR count). The molecule has 2 heterocycles. The van der Waals surface area contributed by atoms with Crippen molar-refractivity contribution in [2.75, 3.05) is 19.6 Å². The van der Waals surface area contributed by atoms with E-state index in [4.69, 9.17) is 0 Å². The second kappa shape index (κ2) is 5.19. The molecule has 0 aliphatic carbocycles. The Hall–Kier alpha value is -0.860. The van der Waals surface area contributed by atoms with Crippen LogP contribution in [0.4, 0.5) is 0 Å². The highest BCUT2D eigenvalue weighted by Crippen LogP contribution is 2.26. The molecule has 0 radical (unpaired) electrons. The Morgan fingerprint density at radius 1 is 1.06 bits per heavy atom. The van der Waals surface area contributed by atoms with Gasteiger partial charge in [-0.05, 0) is 24.3 Å². The zero-order chi connectivity index (χ0) is 11.5. The van der Waals surface area contributed by atoms with Crippen LogP contribution < -0.4 is 10.6 Å². The lowest BCUT2D eigenvalue weighted by Crippen LogP contribution is -2.88. The normalized spacial score (nSPS) is 25.5. The summed E-state index contributed by atoms with van der Waals surface area (Å²) >= 11 is 0. The first-order valence-electron chi connectivity index (χ1n) is 7.16. The molecule has 17 heavy (non-hydrogen) atoms. The Morgan fingerprint density at radius 2 is 1.88 bits per heavy atom. The lowest BCUT2D eigenvalue weighted by Gasteiger charge is -2.28. The third kappa shape index (κ3) is 2.53. The zero-order valence-corrected chi connectivity index (χ0v) is 10.6. The summed E-state index contributed by atoms with van der Waals surface area (Å²) in [6.45, 7) is 3.97. The van der Waals surface area contributed by atoms with Crippen molar-refractivity contribution in [2.24, 2.45) is 5.92 Å². The molecule has 1 unspecified atom stereocenters. The van der Waals surface area contributed by atoms with Crippen molar-refractivity contribution in [2.45, 2.75) is 31.7 Å². The van der Waals surface area contributed by atoms with E-state index in [1.54, 1.807) is 11.1 Å². The maximum atomic E-state index is 2.57. The van der Waals surface area contributed by atoms with Crippen LogP contribution in [0.15, 0.2) is 24.3 Å². The maximum absolute atomic E-state index is 2.57. The lowest BCUT2D eigenvalue weighted by molar-refractivity contribution is -0.702. The number of piperidine rings is 1. The molecule has 4 N–H and O–H groups in total. The van der Waals surface area contributed by atoms with Crippen LogP contribution in [0.1, 0.15) is 36.4 Å². The lowest BCUT2D eigenvalue weighted by atomic mass is 9.85. The second-order valence-electron chi connectivity index (χ2n) is 5.62. The monoisotopic (exact) mass is 232 g/mol. The zero-order valence-electron chi connectivity index (χ0n) is 10.6. The van der Waals surface area contributed by atoms with E-state index < -0.39 is 0 Å². The predicted octanol–water partition coefficient (Wildman–Crippen LogP) is 0.211. The molecule has 2 nitrogen and oxygen atoms in total. The van der Waals surface area contributed by atoms with Crippen LogP contribution in [0.25, 0.3) is 0 Å². The highest BCUT2D eigenvalue weighted by atomic mass is 14.9. The van der Waals surface area contributed by atoms with E-state index in [2.05, 4.69) is 34.9 Å². The summed E-state index contributed by atoms with van der Waals surface area (Å²) in [5, 5.41) is 5.04. The van der Waals surface area contributed by atoms with Crippen LogP contribution in [0.5, 0.6) is 0 Å². The van der Waals surface area contributed by atoms with E-state index in [0.29, 0.717) is 0 Å². The summed E-state index contributed by atoms with van der Waals surface area (Å²) in [4.78, 5) is 0. The number of hydrogen-bond acceptors (Lipinski definition) is 0. The molecule has 0 amide bonds. The van der Waals surface area contributed by atoms with Crippen LogP contribution in [-0.4, -0.2) is 19.6 Å². The maximum Gasteiger partial charge on any atom is 0.112 e. The standard InChI is InChI=1S/C15H22N2/c1-2-4-14-13(3-1)7-10-17-15(14)11-12-5-8-16-9-6-12/h1-4,12,15-17H,5-11H2/p+2. The molecule has 1 fully saturated rings. The van der Waals surface area contributed by atoms with Gasteiger partial charge in [0.2, 0.25) is 0 Å². The van der Waals surface area contributed by atoms with Gasteiger partial charge in [0.05, 0.1) is 19.6 Å². The molecule has 0 saturated carbocycles. The van der Waals surface area contributed by atoms with Gasteiger partial charge in [-0.2, -0.15) is 0 Å². The molecule has 92 valence electrons. The van der Waals surface area contributed by atoms with E-state index in [-0.39, 0.29) is 0 Å². The van der Waals surface area contributed by atoms with Crippen LogP contribution in [0, 0.1) is 5.92 Å². The number of fused-ring (bicyclic) bond motifs is 1. The number of benzene rings is 1. The molecule has 2 aliphatic heterocycles. The van der Waals surface area contributed by atoms with Gasteiger partial charge in [-0.3, -0.25) is 0 Å². The summed E-state index contributed by atoms with van der Waals surface area (Å²) in [5.41, 5.74) is 3.22. The molecule has 0 aromatic heterocycles. The summed E-state index contributed by atoms with van der Waals surface area (Å²) in [7, 11) is 0. The predicted molar refractivity (Wildman–Crippen MR) is 68.7 cm³/mol. The first kappa shape index (κ1) is 11.2. The molecule has 1 aromatic rings. The van der Waals surface area contributed by atoms with Crippen LogP contribution >= 0.6 is 0 Å². The van der Waals surface area contributed by atoms with E-state index in [9.17, 15) is 0 Å². The van der Waals surface area contributed by atoms with Gasteiger partial charge < -0.3 is 10.6 Å². The summed E-state index contributed by atoms with van der Waals surface area (Å²) in [6, 6.07) is 9.81. The van der Waals surface area contributed by atoms with E-state index in [1.165, 1.54) is 45.3 Å². The molecule has 1 atom stereocenters. The van der Waals surface area contributed by atoms with Crippen molar-refractivity contribution in [1.29, 1.82) is 0 Å². The number of nitrogens with two attached hydrogens (primary N) is 2. The second-order valence-corrected chi connectivity index (χ2v) is 5.62. The summed E-state index contributed by atoms with van der Waals surface area (Å²) in [5.74, 6) is 0.965. The van der Waals surface area contributed by atoms with Crippen molar-refractivity contribution < 1.29 is 10.6 Å². The summed E-state index contributed by atoms with van der Waals surface area (Å²) in [6.07, 6.45) is 5.50. The Kier molecular flexibility index (Phi) is 3.44. The molecule has 2 aliphatic rings. The van der Waals surface area contributed by atoms with Crippen molar-refractivity contribution in [3.05, 3.63) is 35.4 Å². The Labute approximate surface area is 104 Å². The molecule has 0 spiro atoms. The Bertz CT molecular complexity index is 369. The van der Waals surface area contributed by atoms with Gasteiger partial charge in [0.1, 0.15) is 6.04 Å². The van der Waals surface area contributed by atoms with Gasteiger partial charge in [-0.25, -0.2) is 0 Å². The first-order valence-corrected chi connectivity index (χ1v) is 7.16. The fraction of sp³-hybridized carbons (Fsp3) is 0.600. The topological polar surface area (TPSA) is 33.2 Å². The molecular formula is C15H24N2+2. The van der Waals surface area contributed by atoms with Crippen LogP contribution in [0.3, 0.4) is 0 Å². The highest BCUT2D eigenvalue weighted by Gasteiger charge is 2.27. The average molecular weight is 232 g/mol. The van der Waals surface area contributed by atoms with Gasteiger partial charge in [-0.1, -0.05) is 24.3 Å². The van der Waals surface area contributed by atoms with Gasteiger partial charge in [0.15, 0.2) is 0 Å². The van der Waals surface area contributed by atoms with Gasteiger partial charge in [-0.15, -0.1) is 0 Å².